The third kappa shape index (κ3) is 2.42. The molecule has 1 aliphatic rings. The maximum atomic E-state index is 10.7. The predicted octanol–water partition coefficient (Wildman–Crippen LogP) is 0.603. The number of carbonyl (C=O) groups is 1. The maximum Gasteiger partial charge on any atom is 0.320 e. The van der Waals surface area contributed by atoms with Crippen LogP contribution in [0.4, 0.5) is 0 Å². The number of carboxylic acids is 1. The van der Waals surface area contributed by atoms with Gasteiger partial charge < -0.3 is 15.6 Å². The van der Waals surface area contributed by atoms with Gasteiger partial charge in [-0.25, -0.2) is 0 Å². The minimum atomic E-state index is -0.922. The van der Waals surface area contributed by atoms with Crippen LogP contribution >= 0.6 is 0 Å². The lowest BCUT2D eigenvalue weighted by Crippen LogP contribution is -2.45. The predicted molar refractivity (Wildman–Crippen MR) is 48.4 cm³/mol. The van der Waals surface area contributed by atoms with Crippen LogP contribution in [0, 0.1) is 5.92 Å². The smallest absolute Gasteiger partial charge is 0.320 e. The molecule has 0 saturated heterocycles. The van der Waals surface area contributed by atoms with E-state index in [0.29, 0.717) is 0 Å². The molecule has 0 heterocycles. The normalized spacial score (nSPS) is 31.2. The molecule has 0 aromatic rings. The van der Waals surface area contributed by atoms with Crippen LogP contribution in [0.25, 0.3) is 0 Å². The van der Waals surface area contributed by atoms with Crippen molar-refractivity contribution in [1.82, 2.24) is 0 Å². The second-order valence-electron chi connectivity index (χ2n) is 3.59. The van der Waals surface area contributed by atoms with E-state index < -0.39 is 12.0 Å². The van der Waals surface area contributed by atoms with Crippen molar-refractivity contribution in [3.63, 3.8) is 0 Å². The van der Waals surface area contributed by atoms with Crippen LogP contribution in [-0.4, -0.2) is 30.3 Å². The molecule has 0 bridgehead atoms. The molecule has 0 amide bonds. The molecule has 0 aromatic carbocycles. The van der Waals surface area contributed by atoms with E-state index in [1.165, 1.54) is 0 Å². The number of methoxy groups -OCH3 is 1. The van der Waals surface area contributed by atoms with E-state index in [1.807, 2.05) is 0 Å². The molecule has 0 spiro atoms. The fraction of sp³-hybridized carbons (Fsp3) is 0.889. The average Bonchev–Trinajstić information content (AvgIpc) is 2.16. The summed E-state index contributed by atoms with van der Waals surface area (Å²) in [5, 5.41) is 8.77. The first-order valence-corrected chi connectivity index (χ1v) is 4.68. The summed E-state index contributed by atoms with van der Waals surface area (Å²) in [6.45, 7) is 0. The van der Waals surface area contributed by atoms with E-state index in [4.69, 9.17) is 15.6 Å². The van der Waals surface area contributed by atoms with Crippen molar-refractivity contribution in [1.29, 1.82) is 0 Å². The summed E-state index contributed by atoms with van der Waals surface area (Å²) < 4.78 is 5.23. The Morgan fingerprint density at radius 3 is 2.69 bits per heavy atom. The minimum Gasteiger partial charge on any atom is -0.480 e. The molecule has 0 unspecified atom stereocenters. The molecule has 4 nitrogen and oxygen atoms in total. The van der Waals surface area contributed by atoms with E-state index >= 15 is 0 Å². The van der Waals surface area contributed by atoms with E-state index in [0.717, 1.165) is 25.7 Å². The SMILES string of the molecule is CO[C@H]1CCCC[C@H]1[C@H](N)C(=O)O. The summed E-state index contributed by atoms with van der Waals surface area (Å²) in [5.74, 6) is -0.940. The quantitative estimate of drug-likeness (QED) is 0.678. The van der Waals surface area contributed by atoms with Crippen LogP contribution in [0.5, 0.6) is 0 Å². The Labute approximate surface area is 78.1 Å². The number of hydrogen-bond acceptors (Lipinski definition) is 3. The standard InChI is InChI=1S/C9H17NO3/c1-13-7-5-3-2-4-6(7)8(10)9(11)12/h6-8H,2-5,10H2,1H3,(H,11,12)/t6-,7+,8+/m1/s1. The summed E-state index contributed by atoms with van der Waals surface area (Å²) in [4.78, 5) is 10.7. The zero-order valence-electron chi connectivity index (χ0n) is 7.90. The Morgan fingerprint density at radius 1 is 1.54 bits per heavy atom. The Balaban J connectivity index is 2.58. The highest BCUT2D eigenvalue weighted by molar-refractivity contribution is 5.73. The molecule has 1 fully saturated rings. The molecular formula is C9H17NO3. The first kappa shape index (κ1) is 10.5. The number of hydrogen-bond donors (Lipinski definition) is 2. The average molecular weight is 187 g/mol. The fourth-order valence-electron chi connectivity index (χ4n) is 2.01. The minimum absolute atomic E-state index is 0.0174. The molecule has 13 heavy (non-hydrogen) atoms. The third-order valence-electron chi connectivity index (χ3n) is 2.80. The van der Waals surface area contributed by atoms with E-state index in [9.17, 15) is 4.79 Å². The molecule has 0 aliphatic heterocycles. The van der Waals surface area contributed by atoms with Crippen LogP contribution in [-0.2, 0) is 9.53 Å². The number of carboxylic acid groups (broad SMARTS) is 1. The van der Waals surface area contributed by atoms with Crippen molar-refractivity contribution in [2.45, 2.75) is 37.8 Å². The Bertz CT molecular complexity index is 184. The van der Waals surface area contributed by atoms with E-state index in [2.05, 4.69) is 0 Å². The van der Waals surface area contributed by atoms with Crippen molar-refractivity contribution in [3.05, 3.63) is 0 Å². The van der Waals surface area contributed by atoms with Crippen molar-refractivity contribution in [3.8, 4) is 0 Å². The van der Waals surface area contributed by atoms with Crippen molar-refractivity contribution in [2.24, 2.45) is 11.7 Å². The van der Waals surface area contributed by atoms with Gasteiger partial charge in [-0.2, -0.15) is 0 Å². The molecule has 0 aromatic heterocycles. The molecule has 1 saturated carbocycles. The summed E-state index contributed by atoms with van der Waals surface area (Å²) in [6.07, 6.45) is 4.00. The van der Waals surface area contributed by atoms with Crippen LogP contribution in [0.2, 0.25) is 0 Å². The highest BCUT2D eigenvalue weighted by atomic mass is 16.5. The molecule has 4 heteroatoms. The molecule has 3 atom stereocenters. The van der Waals surface area contributed by atoms with Gasteiger partial charge in [0.2, 0.25) is 0 Å². The van der Waals surface area contributed by atoms with Crippen LogP contribution in [0.1, 0.15) is 25.7 Å². The third-order valence-corrected chi connectivity index (χ3v) is 2.80. The molecule has 1 aliphatic carbocycles. The highest BCUT2D eigenvalue weighted by Gasteiger charge is 2.33. The number of ether oxygens (including phenoxy) is 1. The van der Waals surface area contributed by atoms with Gasteiger partial charge in [0.25, 0.3) is 0 Å². The van der Waals surface area contributed by atoms with E-state index in [1.54, 1.807) is 7.11 Å². The summed E-state index contributed by atoms with van der Waals surface area (Å²) >= 11 is 0. The molecule has 1 rings (SSSR count). The van der Waals surface area contributed by atoms with Gasteiger partial charge in [-0.3, -0.25) is 4.79 Å². The largest absolute Gasteiger partial charge is 0.480 e. The number of nitrogens with two attached hydrogens (primary N) is 1. The lowest BCUT2D eigenvalue weighted by atomic mass is 9.82. The van der Waals surface area contributed by atoms with Gasteiger partial charge in [0.15, 0.2) is 0 Å². The molecular weight excluding hydrogens is 170 g/mol. The Morgan fingerprint density at radius 2 is 2.15 bits per heavy atom. The van der Waals surface area contributed by atoms with Gasteiger partial charge in [0.1, 0.15) is 6.04 Å². The zero-order chi connectivity index (χ0) is 9.84. The van der Waals surface area contributed by atoms with Gasteiger partial charge in [-0.1, -0.05) is 12.8 Å². The molecule has 76 valence electrons. The summed E-state index contributed by atoms with van der Waals surface area (Å²) in [5.41, 5.74) is 5.58. The monoisotopic (exact) mass is 187 g/mol. The van der Waals surface area contributed by atoms with Crippen molar-refractivity contribution < 1.29 is 14.6 Å². The second kappa shape index (κ2) is 4.58. The topological polar surface area (TPSA) is 72.5 Å². The second-order valence-corrected chi connectivity index (χ2v) is 3.59. The van der Waals surface area contributed by atoms with Gasteiger partial charge in [0, 0.05) is 13.0 Å². The number of rotatable bonds is 3. The van der Waals surface area contributed by atoms with Gasteiger partial charge >= 0.3 is 5.97 Å². The van der Waals surface area contributed by atoms with Gasteiger partial charge in [-0.05, 0) is 12.8 Å². The van der Waals surface area contributed by atoms with Crippen LogP contribution in [0.3, 0.4) is 0 Å². The summed E-state index contributed by atoms with van der Waals surface area (Å²) in [6, 6.07) is -0.773. The molecule has 3 N–H and O–H groups in total. The van der Waals surface area contributed by atoms with Crippen LogP contribution in [0.15, 0.2) is 0 Å². The lowest BCUT2D eigenvalue weighted by molar-refractivity contribution is -0.142. The van der Waals surface area contributed by atoms with Gasteiger partial charge in [-0.15, -0.1) is 0 Å². The summed E-state index contributed by atoms with van der Waals surface area (Å²) in [7, 11) is 1.62. The maximum absolute atomic E-state index is 10.7. The zero-order valence-corrected chi connectivity index (χ0v) is 7.90. The fourth-order valence-corrected chi connectivity index (χ4v) is 2.01. The van der Waals surface area contributed by atoms with Gasteiger partial charge in [0.05, 0.1) is 6.10 Å². The number of aliphatic carboxylic acids is 1. The lowest BCUT2D eigenvalue weighted by Gasteiger charge is -2.32. The molecule has 0 radical (unpaired) electrons. The van der Waals surface area contributed by atoms with Crippen molar-refractivity contribution in [2.75, 3.05) is 7.11 Å². The van der Waals surface area contributed by atoms with E-state index in [-0.39, 0.29) is 12.0 Å². The highest BCUT2D eigenvalue weighted by Crippen LogP contribution is 2.28. The Hall–Kier alpha value is -0.610. The first-order valence-electron chi connectivity index (χ1n) is 4.68. The van der Waals surface area contributed by atoms with Crippen LogP contribution < -0.4 is 5.73 Å². The van der Waals surface area contributed by atoms with Crippen molar-refractivity contribution >= 4 is 5.97 Å². The Kier molecular flexibility index (Phi) is 3.69. The first-order chi connectivity index (χ1) is 6.16.